The molecule has 2 aromatic carbocycles. The first-order valence-corrected chi connectivity index (χ1v) is 7.58. The van der Waals surface area contributed by atoms with Crippen LogP contribution in [-0.2, 0) is 0 Å². The van der Waals surface area contributed by atoms with Gasteiger partial charge in [-0.3, -0.25) is 15.0 Å². The maximum absolute atomic E-state index is 12.4. The summed E-state index contributed by atoms with van der Waals surface area (Å²) in [4.78, 5) is 26.1. The van der Waals surface area contributed by atoms with E-state index >= 15 is 0 Å². The van der Waals surface area contributed by atoms with Crippen molar-refractivity contribution in [3.63, 3.8) is 0 Å². The van der Waals surface area contributed by atoms with Crippen LogP contribution in [0.5, 0.6) is 0 Å². The van der Waals surface area contributed by atoms with Crippen LogP contribution in [0.15, 0.2) is 53.6 Å². The Kier molecular flexibility index (Phi) is 4.09. The van der Waals surface area contributed by atoms with Gasteiger partial charge in [0.2, 0.25) is 0 Å². The van der Waals surface area contributed by atoms with Gasteiger partial charge in [-0.2, -0.15) is 5.10 Å². The number of fused-ring (bicyclic) bond motifs is 1. The number of carbonyl (C=O) groups excluding carboxylic acids is 2. The Bertz CT molecular complexity index is 839. The number of imide groups is 1. The summed E-state index contributed by atoms with van der Waals surface area (Å²) >= 11 is 4.70. The lowest BCUT2D eigenvalue weighted by Gasteiger charge is -2.14. The number of benzene rings is 2. The van der Waals surface area contributed by atoms with Crippen molar-refractivity contribution in [2.24, 2.45) is 10.8 Å². The zero-order chi connectivity index (χ0) is 17.3. The molecule has 0 spiro atoms. The number of rotatable bonds is 3. The third-order valence-electron chi connectivity index (χ3n) is 3.67. The molecule has 1 aliphatic rings. The molecule has 0 radical (unpaired) electrons. The molecule has 2 aromatic rings. The minimum Gasteiger partial charge on any atom is -0.375 e. The number of hydrogen-bond acceptors (Lipinski definition) is 4. The molecule has 2 amide bonds. The zero-order valence-electron chi connectivity index (χ0n) is 12.8. The topological polar surface area (TPSA) is 87.8 Å². The van der Waals surface area contributed by atoms with E-state index in [1.54, 1.807) is 55.5 Å². The molecule has 3 N–H and O–H groups in total. The molecular weight excluding hydrogens is 324 g/mol. The number of nitrogens with one attached hydrogen (secondary N) is 1. The number of hydrogen-bond donors (Lipinski definition) is 2. The van der Waals surface area contributed by atoms with E-state index in [0.717, 1.165) is 5.56 Å². The first-order valence-electron chi connectivity index (χ1n) is 7.17. The van der Waals surface area contributed by atoms with E-state index < -0.39 is 0 Å². The van der Waals surface area contributed by atoms with Crippen molar-refractivity contribution >= 4 is 40.5 Å². The van der Waals surface area contributed by atoms with Crippen LogP contribution in [0.1, 0.15) is 33.2 Å². The number of nitrogens with two attached hydrogens (primary N) is 1. The Morgan fingerprint density at radius 1 is 1.04 bits per heavy atom. The summed E-state index contributed by atoms with van der Waals surface area (Å²) in [5.74, 6) is -0.632. The minimum absolute atomic E-state index is 0.0806. The second-order valence-corrected chi connectivity index (χ2v) is 5.65. The van der Waals surface area contributed by atoms with Crippen LogP contribution in [0.2, 0.25) is 0 Å². The van der Waals surface area contributed by atoms with E-state index in [1.165, 1.54) is 4.90 Å². The van der Waals surface area contributed by atoms with Gasteiger partial charge in [0.25, 0.3) is 11.8 Å². The minimum atomic E-state index is -0.316. The first kappa shape index (κ1) is 15.8. The molecule has 3 rings (SSSR count). The van der Waals surface area contributed by atoms with Crippen molar-refractivity contribution in [3.8, 4) is 0 Å². The van der Waals surface area contributed by atoms with E-state index in [2.05, 4.69) is 10.5 Å². The maximum atomic E-state index is 12.4. The van der Waals surface area contributed by atoms with Crippen molar-refractivity contribution in [2.45, 2.75) is 6.92 Å². The average Bonchev–Trinajstić information content (AvgIpc) is 2.84. The second kappa shape index (κ2) is 6.21. The summed E-state index contributed by atoms with van der Waals surface area (Å²) < 4.78 is 0. The lowest BCUT2D eigenvalue weighted by molar-refractivity contribution is 0.0926. The van der Waals surface area contributed by atoms with Gasteiger partial charge in [-0.1, -0.05) is 24.3 Å². The first-order chi connectivity index (χ1) is 11.5. The predicted octanol–water partition coefficient (Wildman–Crippen LogP) is 2.04. The van der Waals surface area contributed by atoms with Crippen LogP contribution in [0.3, 0.4) is 0 Å². The van der Waals surface area contributed by atoms with Gasteiger partial charge in [0.1, 0.15) is 0 Å². The molecule has 0 bridgehead atoms. The van der Waals surface area contributed by atoms with E-state index in [4.69, 9.17) is 18.0 Å². The third-order valence-corrected chi connectivity index (χ3v) is 3.76. The number of thiocarbonyl (C=S) groups is 1. The average molecular weight is 338 g/mol. The Labute approximate surface area is 144 Å². The summed E-state index contributed by atoms with van der Waals surface area (Å²) in [6, 6.07) is 13.8. The molecule has 0 aliphatic carbocycles. The molecule has 7 heteroatoms. The standard InChI is InChI=1S/C17H14N4O2S/c1-10(19-20-17(18)24)11-6-8-12(9-7-11)21-15(22)13-4-2-3-5-14(13)16(21)23/h2-9H,1H3,(H3,18,20,24). The molecule has 0 unspecified atom stereocenters. The van der Waals surface area contributed by atoms with Gasteiger partial charge in [-0.25, -0.2) is 4.90 Å². The molecule has 1 heterocycles. The van der Waals surface area contributed by atoms with Gasteiger partial charge < -0.3 is 5.73 Å². The largest absolute Gasteiger partial charge is 0.375 e. The molecular formula is C17H14N4O2S. The number of amides is 2. The number of nitrogens with zero attached hydrogens (tertiary/aromatic N) is 2. The Morgan fingerprint density at radius 2 is 1.58 bits per heavy atom. The van der Waals surface area contributed by atoms with Crippen molar-refractivity contribution in [1.29, 1.82) is 0 Å². The van der Waals surface area contributed by atoms with Crippen molar-refractivity contribution < 1.29 is 9.59 Å². The van der Waals surface area contributed by atoms with Crippen molar-refractivity contribution in [3.05, 3.63) is 65.2 Å². The quantitative estimate of drug-likeness (QED) is 0.387. The fraction of sp³-hybridized carbons (Fsp3) is 0.0588. The van der Waals surface area contributed by atoms with Gasteiger partial charge in [-0.15, -0.1) is 0 Å². The fourth-order valence-corrected chi connectivity index (χ4v) is 2.52. The fourth-order valence-electron chi connectivity index (χ4n) is 2.48. The molecule has 0 saturated heterocycles. The molecule has 6 nitrogen and oxygen atoms in total. The summed E-state index contributed by atoms with van der Waals surface area (Å²) in [7, 11) is 0. The van der Waals surface area contributed by atoms with Gasteiger partial charge in [-0.05, 0) is 49.0 Å². The van der Waals surface area contributed by atoms with Crippen molar-refractivity contribution in [2.75, 3.05) is 4.90 Å². The normalized spacial score (nSPS) is 13.9. The summed E-state index contributed by atoms with van der Waals surface area (Å²) in [5.41, 5.74) is 10.7. The summed E-state index contributed by atoms with van der Waals surface area (Å²) in [6.45, 7) is 1.79. The molecule has 0 saturated carbocycles. The van der Waals surface area contributed by atoms with E-state index in [1.807, 2.05) is 0 Å². The molecule has 0 aromatic heterocycles. The Hall–Kier alpha value is -3.06. The third kappa shape index (κ3) is 2.77. The molecule has 120 valence electrons. The van der Waals surface area contributed by atoms with E-state index in [-0.39, 0.29) is 16.9 Å². The number of hydrazone groups is 1. The number of carbonyl (C=O) groups is 2. The Morgan fingerprint density at radius 3 is 2.08 bits per heavy atom. The maximum Gasteiger partial charge on any atom is 0.266 e. The highest BCUT2D eigenvalue weighted by molar-refractivity contribution is 7.80. The Balaban J connectivity index is 1.87. The zero-order valence-corrected chi connectivity index (χ0v) is 13.6. The summed E-state index contributed by atoms with van der Waals surface area (Å²) in [5, 5.41) is 4.12. The molecule has 1 aliphatic heterocycles. The van der Waals surface area contributed by atoms with Crippen molar-refractivity contribution in [1.82, 2.24) is 5.43 Å². The van der Waals surface area contributed by atoms with E-state index in [0.29, 0.717) is 22.5 Å². The van der Waals surface area contributed by atoms with Gasteiger partial charge in [0.05, 0.1) is 22.5 Å². The van der Waals surface area contributed by atoms with Crippen LogP contribution in [-0.4, -0.2) is 22.6 Å². The van der Waals surface area contributed by atoms with Crippen LogP contribution in [0.25, 0.3) is 0 Å². The van der Waals surface area contributed by atoms with Gasteiger partial charge in [0, 0.05) is 0 Å². The smallest absolute Gasteiger partial charge is 0.266 e. The highest BCUT2D eigenvalue weighted by Gasteiger charge is 2.36. The number of anilines is 1. The van der Waals surface area contributed by atoms with Crippen LogP contribution >= 0.6 is 12.2 Å². The lowest BCUT2D eigenvalue weighted by Crippen LogP contribution is -2.29. The van der Waals surface area contributed by atoms with E-state index in [9.17, 15) is 9.59 Å². The predicted molar refractivity (Wildman–Crippen MR) is 96.2 cm³/mol. The van der Waals surface area contributed by atoms with Crippen LogP contribution in [0.4, 0.5) is 5.69 Å². The highest BCUT2D eigenvalue weighted by Crippen LogP contribution is 2.28. The van der Waals surface area contributed by atoms with Gasteiger partial charge >= 0.3 is 0 Å². The summed E-state index contributed by atoms with van der Waals surface area (Å²) in [6.07, 6.45) is 0. The molecule has 24 heavy (non-hydrogen) atoms. The van der Waals surface area contributed by atoms with Gasteiger partial charge in [0.15, 0.2) is 5.11 Å². The monoisotopic (exact) mass is 338 g/mol. The van der Waals surface area contributed by atoms with Crippen LogP contribution < -0.4 is 16.1 Å². The van der Waals surface area contributed by atoms with Crippen LogP contribution in [0, 0.1) is 0 Å². The SMILES string of the molecule is CC(=NNC(N)=S)c1ccc(N2C(=O)c3ccccc3C2=O)cc1. The lowest BCUT2D eigenvalue weighted by atomic mass is 10.1. The second-order valence-electron chi connectivity index (χ2n) is 5.21. The highest BCUT2D eigenvalue weighted by atomic mass is 32.1. The molecule has 0 fully saturated rings. The molecule has 0 atom stereocenters.